The first-order chi connectivity index (χ1) is 10.0. The molecule has 0 saturated carbocycles. The first kappa shape index (κ1) is 14.8. The lowest BCUT2D eigenvalue weighted by Gasteiger charge is -2.33. The Morgan fingerprint density at radius 2 is 2.14 bits per heavy atom. The van der Waals surface area contributed by atoms with Crippen molar-refractivity contribution < 1.29 is 10.2 Å². The van der Waals surface area contributed by atoms with E-state index < -0.39 is 0 Å². The maximum Gasteiger partial charge on any atom is 0.0685 e. The minimum Gasteiger partial charge on any atom is -0.394 e. The summed E-state index contributed by atoms with van der Waals surface area (Å²) in [5.41, 5.74) is 0.839. The van der Waals surface area contributed by atoms with Crippen molar-refractivity contribution in [2.75, 3.05) is 13.2 Å². The summed E-state index contributed by atoms with van der Waals surface area (Å²) in [5, 5.41) is 22.6. The van der Waals surface area contributed by atoms with Gasteiger partial charge in [0.2, 0.25) is 0 Å². The van der Waals surface area contributed by atoms with Gasteiger partial charge < -0.3 is 10.2 Å². The second-order valence-corrected chi connectivity index (χ2v) is 6.61. The van der Waals surface area contributed by atoms with Crippen molar-refractivity contribution in [1.29, 1.82) is 0 Å². The molecule has 1 aliphatic rings. The lowest BCUT2D eigenvalue weighted by molar-refractivity contribution is 0.0737. The predicted molar refractivity (Wildman–Crippen MR) is 85.5 cm³/mol. The van der Waals surface area contributed by atoms with Crippen molar-refractivity contribution in [3.63, 3.8) is 0 Å². The summed E-state index contributed by atoms with van der Waals surface area (Å²) in [6.07, 6.45) is 0.242. The zero-order chi connectivity index (χ0) is 15.0. The molecule has 0 bridgehead atoms. The Bertz CT molecular complexity index is 660. The van der Waals surface area contributed by atoms with Gasteiger partial charge in [0.25, 0.3) is 0 Å². The fourth-order valence-electron chi connectivity index (χ4n) is 3.26. The second kappa shape index (κ2) is 5.58. The largest absolute Gasteiger partial charge is 0.394 e. The smallest absolute Gasteiger partial charge is 0.0685 e. The third-order valence-corrected chi connectivity index (χ3v) is 4.74. The number of nitrogens with zero attached hydrogens (tertiary/aromatic N) is 1. The first-order valence-corrected chi connectivity index (χ1v) is 7.61. The highest BCUT2D eigenvalue weighted by atomic mass is 35.5. The van der Waals surface area contributed by atoms with Crippen LogP contribution in [0.5, 0.6) is 0 Å². The van der Waals surface area contributed by atoms with Gasteiger partial charge in [0.05, 0.1) is 12.7 Å². The number of β-amino-alcohol motifs (C(OH)–C–C–N with tert-alkyl or cyclic N) is 1. The highest BCUT2D eigenvalue weighted by molar-refractivity contribution is 6.31. The molecule has 1 saturated heterocycles. The topological polar surface area (TPSA) is 43.7 Å². The standard InChI is InChI=1S/C17H20ClNO2/c1-17(11-20)8-15(21)10-19(17)9-13-4-2-3-12-7-14(18)5-6-16(12)13/h2-7,15,20-21H,8-11H2,1H3. The van der Waals surface area contributed by atoms with E-state index in [1.807, 2.05) is 31.2 Å². The molecule has 2 aromatic carbocycles. The molecule has 0 radical (unpaired) electrons. The van der Waals surface area contributed by atoms with Crippen molar-refractivity contribution in [2.45, 2.75) is 31.5 Å². The number of halogens is 1. The predicted octanol–water partition coefficient (Wildman–Crippen LogP) is 2.81. The van der Waals surface area contributed by atoms with Crippen LogP contribution in [0.15, 0.2) is 36.4 Å². The van der Waals surface area contributed by atoms with Crippen molar-refractivity contribution >= 4 is 22.4 Å². The van der Waals surface area contributed by atoms with E-state index in [9.17, 15) is 10.2 Å². The summed E-state index contributed by atoms with van der Waals surface area (Å²) in [5.74, 6) is 0. The van der Waals surface area contributed by atoms with E-state index in [1.54, 1.807) is 0 Å². The summed E-state index contributed by atoms with van der Waals surface area (Å²) in [6.45, 7) is 3.38. The summed E-state index contributed by atoms with van der Waals surface area (Å²) in [4.78, 5) is 2.17. The molecule has 21 heavy (non-hydrogen) atoms. The van der Waals surface area contributed by atoms with Crippen LogP contribution in [0.2, 0.25) is 5.02 Å². The molecule has 3 rings (SSSR count). The molecule has 112 valence electrons. The van der Waals surface area contributed by atoms with E-state index in [0.717, 1.165) is 10.4 Å². The fourth-order valence-corrected chi connectivity index (χ4v) is 3.44. The van der Waals surface area contributed by atoms with E-state index in [0.29, 0.717) is 19.5 Å². The van der Waals surface area contributed by atoms with Gasteiger partial charge >= 0.3 is 0 Å². The van der Waals surface area contributed by atoms with Gasteiger partial charge in [-0.3, -0.25) is 4.90 Å². The summed E-state index contributed by atoms with van der Waals surface area (Å²) >= 11 is 6.05. The molecular weight excluding hydrogens is 286 g/mol. The van der Waals surface area contributed by atoms with Gasteiger partial charge in [-0.1, -0.05) is 35.9 Å². The van der Waals surface area contributed by atoms with Crippen molar-refractivity contribution in [3.8, 4) is 0 Å². The molecule has 0 aliphatic carbocycles. The van der Waals surface area contributed by atoms with Gasteiger partial charge in [-0.05, 0) is 41.8 Å². The van der Waals surface area contributed by atoms with E-state index in [2.05, 4.69) is 17.0 Å². The van der Waals surface area contributed by atoms with Crippen LogP contribution < -0.4 is 0 Å². The Morgan fingerprint density at radius 3 is 2.90 bits per heavy atom. The highest BCUT2D eigenvalue weighted by Gasteiger charge is 2.40. The summed E-state index contributed by atoms with van der Waals surface area (Å²) < 4.78 is 0. The number of aliphatic hydroxyl groups excluding tert-OH is 2. The quantitative estimate of drug-likeness (QED) is 0.916. The van der Waals surface area contributed by atoms with Crippen LogP contribution in [0.3, 0.4) is 0 Å². The Kier molecular flexibility index (Phi) is 3.93. The first-order valence-electron chi connectivity index (χ1n) is 7.23. The average Bonchev–Trinajstić information content (AvgIpc) is 2.74. The van der Waals surface area contributed by atoms with Crippen LogP contribution in [0.4, 0.5) is 0 Å². The van der Waals surface area contributed by atoms with Gasteiger partial charge in [0.1, 0.15) is 0 Å². The fraction of sp³-hybridized carbons (Fsp3) is 0.412. The number of aliphatic hydroxyl groups is 2. The van der Waals surface area contributed by atoms with Gasteiger partial charge in [0, 0.05) is 23.7 Å². The van der Waals surface area contributed by atoms with E-state index >= 15 is 0 Å². The van der Waals surface area contributed by atoms with Crippen LogP contribution in [-0.4, -0.2) is 39.9 Å². The Balaban J connectivity index is 1.95. The number of rotatable bonds is 3. The minimum atomic E-state index is -0.369. The van der Waals surface area contributed by atoms with Gasteiger partial charge in [0.15, 0.2) is 0 Å². The molecule has 2 unspecified atom stereocenters. The molecule has 1 heterocycles. The Labute approximate surface area is 129 Å². The van der Waals surface area contributed by atoms with Gasteiger partial charge in [-0.2, -0.15) is 0 Å². The number of benzene rings is 2. The third-order valence-electron chi connectivity index (χ3n) is 4.50. The molecule has 4 heteroatoms. The van der Waals surface area contributed by atoms with Crippen molar-refractivity contribution in [2.24, 2.45) is 0 Å². The normalized spacial score (nSPS) is 26.6. The van der Waals surface area contributed by atoms with E-state index in [4.69, 9.17) is 11.6 Å². The molecule has 3 nitrogen and oxygen atoms in total. The van der Waals surface area contributed by atoms with Crippen molar-refractivity contribution in [3.05, 3.63) is 47.0 Å². The molecular formula is C17H20ClNO2. The maximum absolute atomic E-state index is 9.92. The number of hydrogen-bond acceptors (Lipinski definition) is 3. The molecule has 0 spiro atoms. The van der Waals surface area contributed by atoms with Crippen LogP contribution in [0.1, 0.15) is 18.9 Å². The van der Waals surface area contributed by atoms with Gasteiger partial charge in [-0.15, -0.1) is 0 Å². The monoisotopic (exact) mass is 305 g/mol. The molecule has 1 fully saturated rings. The van der Waals surface area contributed by atoms with E-state index in [-0.39, 0.29) is 18.2 Å². The van der Waals surface area contributed by atoms with Crippen LogP contribution >= 0.6 is 11.6 Å². The number of fused-ring (bicyclic) bond motifs is 1. The maximum atomic E-state index is 9.92. The summed E-state index contributed by atoms with van der Waals surface area (Å²) in [6, 6.07) is 12.1. The van der Waals surface area contributed by atoms with Crippen LogP contribution in [-0.2, 0) is 6.54 Å². The average molecular weight is 306 g/mol. The van der Waals surface area contributed by atoms with Gasteiger partial charge in [-0.25, -0.2) is 0 Å². The van der Waals surface area contributed by atoms with E-state index in [1.165, 1.54) is 10.9 Å². The molecule has 2 aromatic rings. The zero-order valence-electron chi connectivity index (χ0n) is 12.1. The molecule has 0 amide bonds. The van der Waals surface area contributed by atoms with Crippen molar-refractivity contribution in [1.82, 2.24) is 4.90 Å². The lowest BCUT2D eigenvalue weighted by Crippen LogP contribution is -2.43. The minimum absolute atomic E-state index is 0.0562. The van der Waals surface area contributed by atoms with Crippen LogP contribution in [0, 0.1) is 0 Å². The molecule has 2 atom stereocenters. The zero-order valence-corrected chi connectivity index (χ0v) is 12.8. The third kappa shape index (κ3) is 2.79. The Morgan fingerprint density at radius 1 is 1.33 bits per heavy atom. The number of hydrogen-bond donors (Lipinski definition) is 2. The molecule has 1 aliphatic heterocycles. The lowest BCUT2D eigenvalue weighted by atomic mass is 9.98. The highest BCUT2D eigenvalue weighted by Crippen LogP contribution is 2.32. The number of likely N-dealkylation sites (tertiary alicyclic amines) is 1. The van der Waals surface area contributed by atoms with Crippen LogP contribution in [0.25, 0.3) is 10.8 Å². The molecule has 0 aromatic heterocycles. The second-order valence-electron chi connectivity index (χ2n) is 6.18. The SMILES string of the molecule is CC1(CO)CC(O)CN1Cc1cccc2cc(Cl)ccc12. The summed E-state index contributed by atoms with van der Waals surface area (Å²) in [7, 11) is 0. The molecule has 2 N–H and O–H groups in total. The Hall–Kier alpha value is -1.13.